The summed E-state index contributed by atoms with van der Waals surface area (Å²) >= 11 is 1.82. The van der Waals surface area contributed by atoms with Crippen molar-refractivity contribution in [2.45, 2.75) is 39.7 Å². The standard InChI is InChI=1S/C18H25NS/c1-14(2)11-16-6-8-17(9-7-16)15(3)12-19-13-18-5-4-10-20-18/h4-10,14-15,19H,11-13H2,1-3H3. The van der Waals surface area contributed by atoms with Crippen molar-refractivity contribution in [3.8, 4) is 0 Å². The third-order valence-electron chi connectivity index (χ3n) is 3.52. The third-order valence-corrected chi connectivity index (χ3v) is 4.40. The van der Waals surface area contributed by atoms with Crippen LogP contribution < -0.4 is 5.32 Å². The predicted molar refractivity (Wildman–Crippen MR) is 89.4 cm³/mol. The minimum Gasteiger partial charge on any atom is -0.311 e. The lowest BCUT2D eigenvalue weighted by Gasteiger charge is -2.14. The summed E-state index contributed by atoms with van der Waals surface area (Å²) in [4.78, 5) is 1.41. The van der Waals surface area contributed by atoms with Crippen molar-refractivity contribution in [1.29, 1.82) is 0 Å². The maximum atomic E-state index is 3.54. The van der Waals surface area contributed by atoms with Crippen LogP contribution in [0.1, 0.15) is 42.7 Å². The smallest absolute Gasteiger partial charge is 0.0299 e. The fourth-order valence-corrected chi connectivity index (χ4v) is 3.07. The molecular formula is C18H25NS. The Morgan fingerprint density at radius 1 is 1.05 bits per heavy atom. The molecule has 0 aliphatic carbocycles. The number of thiophene rings is 1. The van der Waals surface area contributed by atoms with Crippen LogP contribution >= 0.6 is 11.3 Å². The molecule has 0 saturated carbocycles. The maximum Gasteiger partial charge on any atom is 0.0299 e. The SMILES string of the molecule is CC(C)Cc1ccc(C(C)CNCc2cccs2)cc1. The van der Waals surface area contributed by atoms with Crippen LogP contribution in [0.25, 0.3) is 0 Å². The van der Waals surface area contributed by atoms with Crippen LogP contribution in [0, 0.1) is 5.92 Å². The molecule has 2 rings (SSSR count). The van der Waals surface area contributed by atoms with Crippen LogP contribution in [0.3, 0.4) is 0 Å². The van der Waals surface area contributed by atoms with E-state index >= 15 is 0 Å². The Balaban J connectivity index is 1.81. The lowest BCUT2D eigenvalue weighted by Crippen LogP contribution is -2.19. The van der Waals surface area contributed by atoms with Gasteiger partial charge in [-0.2, -0.15) is 0 Å². The highest BCUT2D eigenvalue weighted by Gasteiger charge is 2.06. The van der Waals surface area contributed by atoms with E-state index in [1.54, 1.807) is 0 Å². The summed E-state index contributed by atoms with van der Waals surface area (Å²) in [5, 5.41) is 5.68. The van der Waals surface area contributed by atoms with Crippen LogP contribution in [-0.2, 0) is 13.0 Å². The van der Waals surface area contributed by atoms with Gasteiger partial charge in [-0.3, -0.25) is 0 Å². The van der Waals surface area contributed by atoms with Gasteiger partial charge in [0.2, 0.25) is 0 Å². The zero-order valence-corrected chi connectivity index (χ0v) is 13.5. The second-order valence-electron chi connectivity index (χ2n) is 5.95. The first-order chi connectivity index (χ1) is 9.65. The molecule has 2 heteroatoms. The molecule has 0 radical (unpaired) electrons. The Kier molecular flexibility index (Phi) is 5.81. The van der Waals surface area contributed by atoms with Gasteiger partial charge in [0.25, 0.3) is 0 Å². The topological polar surface area (TPSA) is 12.0 Å². The highest BCUT2D eigenvalue weighted by atomic mass is 32.1. The maximum absolute atomic E-state index is 3.54. The van der Waals surface area contributed by atoms with Crippen LogP contribution in [0.5, 0.6) is 0 Å². The van der Waals surface area contributed by atoms with Crippen molar-refractivity contribution in [3.63, 3.8) is 0 Å². The average molecular weight is 287 g/mol. The van der Waals surface area contributed by atoms with Crippen molar-refractivity contribution < 1.29 is 0 Å². The largest absolute Gasteiger partial charge is 0.311 e. The van der Waals surface area contributed by atoms with E-state index in [-0.39, 0.29) is 0 Å². The molecule has 0 fully saturated rings. The van der Waals surface area contributed by atoms with Gasteiger partial charge in [-0.15, -0.1) is 11.3 Å². The van der Waals surface area contributed by atoms with E-state index in [1.165, 1.54) is 22.4 Å². The van der Waals surface area contributed by atoms with E-state index in [0.29, 0.717) is 5.92 Å². The van der Waals surface area contributed by atoms with Gasteiger partial charge >= 0.3 is 0 Å². The molecule has 1 aromatic carbocycles. The van der Waals surface area contributed by atoms with E-state index < -0.39 is 0 Å². The van der Waals surface area contributed by atoms with E-state index in [2.05, 4.69) is 67.9 Å². The molecule has 1 unspecified atom stereocenters. The van der Waals surface area contributed by atoms with Gasteiger partial charge < -0.3 is 5.32 Å². The van der Waals surface area contributed by atoms with Crippen LogP contribution in [0.2, 0.25) is 0 Å². The van der Waals surface area contributed by atoms with Gasteiger partial charge in [-0.1, -0.05) is 51.1 Å². The van der Waals surface area contributed by atoms with E-state index in [9.17, 15) is 0 Å². The first-order valence-electron chi connectivity index (χ1n) is 7.47. The minimum atomic E-state index is 0.558. The molecule has 0 aliphatic rings. The molecule has 1 N–H and O–H groups in total. The molecule has 20 heavy (non-hydrogen) atoms. The van der Waals surface area contributed by atoms with E-state index in [4.69, 9.17) is 0 Å². The highest BCUT2D eigenvalue weighted by molar-refractivity contribution is 7.09. The minimum absolute atomic E-state index is 0.558. The molecule has 0 bridgehead atoms. The molecule has 108 valence electrons. The van der Waals surface area contributed by atoms with Crippen molar-refractivity contribution in [2.75, 3.05) is 6.54 Å². The fourth-order valence-electron chi connectivity index (χ4n) is 2.40. The molecule has 1 nitrogen and oxygen atoms in total. The van der Waals surface area contributed by atoms with Crippen molar-refractivity contribution in [1.82, 2.24) is 5.32 Å². The Hall–Kier alpha value is -1.12. The summed E-state index contributed by atoms with van der Waals surface area (Å²) in [6, 6.07) is 13.4. The Bertz CT molecular complexity index is 485. The third kappa shape index (κ3) is 4.77. The molecule has 0 spiro atoms. The molecule has 1 aromatic heterocycles. The highest BCUT2D eigenvalue weighted by Crippen LogP contribution is 2.17. The summed E-state index contributed by atoms with van der Waals surface area (Å²) in [6.45, 7) is 8.84. The van der Waals surface area contributed by atoms with Gasteiger partial charge in [0.1, 0.15) is 0 Å². The lowest BCUT2D eigenvalue weighted by atomic mass is 9.97. The first-order valence-corrected chi connectivity index (χ1v) is 8.35. The quantitative estimate of drug-likeness (QED) is 0.768. The predicted octanol–water partition coefficient (Wildman–Crippen LogP) is 4.84. The molecular weight excluding hydrogens is 262 g/mol. The van der Waals surface area contributed by atoms with Gasteiger partial charge in [-0.05, 0) is 40.8 Å². The van der Waals surface area contributed by atoms with Crippen molar-refractivity contribution in [3.05, 3.63) is 57.8 Å². The van der Waals surface area contributed by atoms with E-state index in [0.717, 1.165) is 19.0 Å². The van der Waals surface area contributed by atoms with Gasteiger partial charge in [-0.25, -0.2) is 0 Å². The summed E-state index contributed by atoms with van der Waals surface area (Å²) in [5.74, 6) is 1.29. The Morgan fingerprint density at radius 2 is 1.80 bits per heavy atom. The van der Waals surface area contributed by atoms with Crippen LogP contribution in [0.4, 0.5) is 0 Å². The summed E-state index contributed by atoms with van der Waals surface area (Å²) in [6.07, 6.45) is 1.17. The Labute approximate surface area is 127 Å². The van der Waals surface area contributed by atoms with E-state index in [1.807, 2.05) is 11.3 Å². The second kappa shape index (κ2) is 7.61. The molecule has 0 saturated heterocycles. The van der Waals surface area contributed by atoms with Gasteiger partial charge in [0.05, 0.1) is 0 Å². The van der Waals surface area contributed by atoms with Crippen molar-refractivity contribution >= 4 is 11.3 Å². The lowest BCUT2D eigenvalue weighted by molar-refractivity contribution is 0.617. The molecule has 1 heterocycles. The Morgan fingerprint density at radius 3 is 2.40 bits per heavy atom. The number of rotatable bonds is 7. The van der Waals surface area contributed by atoms with Gasteiger partial charge in [0.15, 0.2) is 0 Å². The molecule has 1 atom stereocenters. The fraction of sp³-hybridized carbons (Fsp3) is 0.444. The number of hydrogen-bond donors (Lipinski definition) is 1. The normalized spacial score (nSPS) is 12.8. The van der Waals surface area contributed by atoms with Gasteiger partial charge in [0, 0.05) is 18.0 Å². The first kappa shape index (κ1) is 15.3. The van der Waals surface area contributed by atoms with Crippen LogP contribution in [0.15, 0.2) is 41.8 Å². The molecule has 0 amide bonds. The molecule has 2 aromatic rings. The number of benzene rings is 1. The zero-order chi connectivity index (χ0) is 14.4. The number of nitrogens with one attached hydrogen (secondary N) is 1. The summed E-state index contributed by atoms with van der Waals surface area (Å²) in [7, 11) is 0. The zero-order valence-electron chi connectivity index (χ0n) is 12.7. The summed E-state index contributed by atoms with van der Waals surface area (Å²) < 4.78 is 0. The van der Waals surface area contributed by atoms with Crippen molar-refractivity contribution in [2.24, 2.45) is 5.92 Å². The monoisotopic (exact) mass is 287 g/mol. The summed E-state index contributed by atoms with van der Waals surface area (Å²) in [5.41, 5.74) is 2.87. The average Bonchev–Trinajstić information content (AvgIpc) is 2.92. The second-order valence-corrected chi connectivity index (χ2v) is 6.98. The van der Waals surface area contributed by atoms with Crippen LogP contribution in [-0.4, -0.2) is 6.54 Å². The molecule has 0 aliphatic heterocycles. The number of hydrogen-bond acceptors (Lipinski definition) is 2.